The van der Waals surface area contributed by atoms with Gasteiger partial charge in [-0.05, 0) is 56.9 Å². The number of likely N-dealkylation sites (tertiary alicyclic amines) is 1. The van der Waals surface area contributed by atoms with E-state index in [1.165, 1.54) is 24.3 Å². The molecule has 0 spiro atoms. The van der Waals surface area contributed by atoms with Crippen LogP contribution in [0.15, 0.2) is 24.3 Å². The van der Waals surface area contributed by atoms with Crippen molar-refractivity contribution in [3.05, 3.63) is 35.6 Å². The van der Waals surface area contributed by atoms with E-state index in [0.717, 1.165) is 19.3 Å². The Bertz CT molecular complexity index is 744. The van der Waals surface area contributed by atoms with E-state index in [9.17, 15) is 18.8 Å². The Balaban J connectivity index is 1.67. The topological polar surface area (TPSA) is 75.7 Å². The highest BCUT2D eigenvalue weighted by Crippen LogP contribution is 2.30. The first-order valence-electron chi connectivity index (χ1n) is 10.5. The maximum atomic E-state index is 13.1. The molecule has 3 rings (SSSR count). The van der Waals surface area contributed by atoms with Gasteiger partial charge < -0.3 is 15.0 Å². The number of carbonyl (C=O) groups excluding carboxylic acids is 3. The lowest BCUT2D eigenvalue weighted by molar-refractivity contribution is -0.155. The van der Waals surface area contributed by atoms with Crippen molar-refractivity contribution in [2.75, 3.05) is 19.7 Å². The van der Waals surface area contributed by atoms with E-state index in [-0.39, 0.29) is 30.3 Å². The monoisotopic (exact) mass is 404 g/mol. The fraction of sp³-hybridized carbons (Fsp3) is 0.591. The molecule has 1 aliphatic heterocycles. The van der Waals surface area contributed by atoms with Gasteiger partial charge in [0, 0.05) is 18.7 Å². The third-order valence-corrected chi connectivity index (χ3v) is 5.91. The highest BCUT2D eigenvalue weighted by molar-refractivity contribution is 5.95. The molecular weight excluding hydrogens is 375 g/mol. The number of carbonyl (C=O) groups is 3. The fourth-order valence-corrected chi connectivity index (χ4v) is 4.29. The highest BCUT2D eigenvalue weighted by atomic mass is 19.1. The zero-order valence-electron chi connectivity index (χ0n) is 16.9. The third kappa shape index (κ3) is 4.95. The van der Waals surface area contributed by atoms with Gasteiger partial charge in [0.15, 0.2) is 0 Å². The fourth-order valence-electron chi connectivity index (χ4n) is 4.29. The summed E-state index contributed by atoms with van der Waals surface area (Å²) < 4.78 is 18.4. The summed E-state index contributed by atoms with van der Waals surface area (Å²) in [6.45, 7) is 2.89. The maximum Gasteiger partial charge on any atom is 0.331 e. The van der Waals surface area contributed by atoms with Crippen LogP contribution in [0.25, 0.3) is 0 Å². The average Bonchev–Trinajstić information content (AvgIpc) is 2.74. The number of halogens is 1. The zero-order chi connectivity index (χ0) is 20.9. The van der Waals surface area contributed by atoms with Gasteiger partial charge in [0.25, 0.3) is 5.91 Å². The van der Waals surface area contributed by atoms with Gasteiger partial charge in [0.2, 0.25) is 5.91 Å². The number of nitrogens with zero attached hydrogens (tertiary/aromatic N) is 1. The largest absolute Gasteiger partial charge is 0.464 e. The van der Waals surface area contributed by atoms with Crippen LogP contribution in [0.4, 0.5) is 4.39 Å². The predicted molar refractivity (Wildman–Crippen MR) is 106 cm³/mol. The zero-order valence-corrected chi connectivity index (χ0v) is 16.9. The van der Waals surface area contributed by atoms with Gasteiger partial charge in [-0.1, -0.05) is 19.3 Å². The van der Waals surface area contributed by atoms with Crippen molar-refractivity contribution >= 4 is 17.8 Å². The molecule has 158 valence electrons. The minimum Gasteiger partial charge on any atom is -0.464 e. The summed E-state index contributed by atoms with van der Waals surface area (Å²) in [4.78, 5) is 40.0. The second-order valence-electron chi connectivity index (χ2n) is 7.95. The lowest BCUT2D eigenvalue weighted by Gasteiger charge is -2.38. The van der Waals surface area contributed by atoms with Crippen molar-refractivity contribution in [3.63, 3.8) is 0 Å². The van der Waals surface area contributed by atoms with Crippen molar-refractivity contribution in [1.82, 2.24) is 10.2 Å². The molecule has 1 saturated carbocycles. The minimum absolute atomic E-state index is 0.198. The Morgan fingerprint density at radius 2 is 1.83 bits per heavy atom. The van der Waals surface area contributed by atoms with Crippen molar-refractivity contribution in [3.8, 4) is 0 Å². The summed E-state index contributed by atoms with van der Waals surface area (Å²) in [6.07, 6.45) is 5.33. The smallest absolute Gasteiger partial charge is 0.331 e. The molecule has 6 nitrogen and oxygen atoms in total. The maximum absolute atomic E-state index is 13.1. The molecule has 0 aromatic heterocycles. The van der Waals surface area contributed by atoms with Crippen LogP contribution in [-0.4, -0.2) is 47.9 Å². The van der Waals surface area contributed by atoms with E-state index in [0.29, 0.717) is 44.3 Å². The number of ether oxygens (including phenoxy) is 1. The van der Waals surface area contributed by atoms with E-state index in [4.69, 9.17) is 4.74 Å². The minimum atomic E-state index is -0.950. The molecule has 0 radical (unpaired) electrons. The molecule has 2 aliphatic rings. The summed E-state index contributed by atoms with van der Waals surface area (Å²) in [5, 5.41) is 2.99. The van der Waals surface area contributed by atoms with Gasteiger partial charge in [-0.15, -0.1) is 0 Å². The van der Waals surface area contributed by atoms with Crippen LogP contribution >= 0.6 is 0 Å². The van der Waals surface area contributed by atoms with Gasteiger partial charge in [-0.3, -0.25) is 9.59 Å². The number of esters is 1. The number of piperidine rings is 1. The van der Waals surface area contributed by atoms with Crippen LogP contribution in [0.5, 0.6) is 0 Å². The second-order valence-corrected chi connectivity index (χ2v) is 7.95. The van der Waals surface area contributed by atoms with Crippen molar-refractivity contribution < 1.29 is 23.5 Å². The van der Waals surface area contributed by atoms with Crippen LogP contribution in [0.1, 0.15) is 62.2 Å². The van der Waals surface area contributed by atoms with E-state index >= 15 is 0 Å². The lowest BCUT2D eigenvalue weighted by atomic mass is 9.81. The van der Waals surface area contributed by atoms with E-state index in [1.807, 2.05) is 0 Å². The Morgan fingerprint density at radius 1 is 1.14 bits per heavy atom. The highest BCUT2D eigenvalue weighted by Gasteiger charge is 2.43. The molecule has 7 heteroatoms. The molecule has 1 aliphatic carbocycles. The molecule has 1 N–H and O–H groups in total. The van der Waals surface area contributed by atoms with Gasteiger partial charge in [0.1, 0.15) is 11.4 Å². The first-order chi connectivity index (χ1) is 13.9. The summed E-state index contributed by atoms with van der Waals surface area (Å²) in [6, 6.07) is 5.43. The molecule has 1 heterocycles. The van der Waals surface area contributed by atoms with Gasteiger partial charge in [-0.2, -0.15) is 0 Å². The van der Waals surface area contributed by atoms with Crippen molar-refractivity contribution in [1.29, 1.82) is 0 Å². The van der Waals surface area contributed by atoms with E-state index in [2.05, 4.69) is 5.32 Å². The molecule has 2 fully saturated rings. The Hall–Kier alpha value is -2.44. The van der Waals surface area contributed by atoms with Crippen LogP contribution in [0.2, 0.25) is 0 Å². The molecular formula is C22H29FN2O4. The van der Waals surface area contributed by atoms with Crippen LogP contribution < -0.4 is 5.32 Å². The Morgan fingerprint density at radius 3 is 2.48 bits per heavy atom. The standard InChI is InChI=1S/C22H29FN2O4/c1-2-29-21(28)22(12-4-3-5-13-22)24-19(26)17-7-6-14-25(15-17)20(27)16-8-10-18(23)11-9-16/h8-11,17H,2-7,12-15H2,1H3,(H,24,26). The molecule has 1 aromatic rings. The summed E-state index contributed by atoms with van der Waals surface area (Å²) in [5.74, 6) is -1.53. The molecule has 1 aromatic carbocycles. The Kier molecular flexibility index (Phi) is 6.87. The van der Waals surface area contributed by atoms with Gasteiger partial charge in [0.05, 0.1) is 12.5 Å². The normalized spacial score (nSPS) is 21.3. The first-order valence-corrected chi connectivity index (χ1v) is 10.5. The van der Waals surface area contributed by atoms with Gasteiger partial charge in [-0.25, -0.2) is 9.18 Å². The van der Waals surface area contributed by atoms with Crippen LogP contribution in [-0.2, 0) is 14.3 Å². The van der Waals surface area contributed by atoms with Crippen molar-refractivity contribution in [2.45, 2.75) is 57.4 Å². The number of amides is 2. The average molecular weight is 404 g/mol. The molecule has 1 saturated heterocycles. The van der Waals surface area contributed by atoms with Crippen molar-refractivity contribution in [2.24, 2.45) is 5.92 Å². The number of hydrogen-bond donors (Lipinski definition) is 1. The number of hydrogen-bond acceptors (Lipinski definition) is 4. The number of benzene rings is 1. The quantitative estimate of drug-likeness (QED) is 0.766. The first kappa shape index (κ1) is 21.3. The molecule has 0 bridgehead atoms. The SMILES string of the molecule is CCOC(=O)C1(NC(=O)C2CCCN(C(=O)c3ccc(F)cc3)C2)CCCCC1. The summed E-state index contributed by atoms with van der Waals surface area (Å²) >= 11 is 0. The predicted octanol–water partition coefficient (Wildman–Crippen LogP) is 3.06. The second kappa shape index (κ2) is 9.37. The molecule has 1 atom stereocenters. The van der Waals surface area contributed by atoms with Gasteiger partial charge >= 0.3 is 5.97 Å². The van der Waals surface area contributed by atoms with Crippen LogP contribution in [0, 0.1) is 11.7 Å². The van der Waals surface area contributed by atoms with E-state index in [1.54, 1.807) is 11.8 Å². The van der Waals surface area contributed by atoms with E-state index < -0.39 is 11.4 Å². The van der Waals surface area contributed by atoms with Crippen LogP contribution in [0.3, 0.4) is 0 Å². The number of rotatable bonds is 5. The lowest BCUT2D eigenvalue weighted by Crippen LogP contribution is -2.59. The Labute approximate surface area is 170 Å². The number of nitrogens with one attached hydrogen (secondary N) is 1. The molecule has 2 amide bonds. The summed E-state index contributed by atoms with van der Waals surface area (Å²) in [7, 11) is 0. The molecule has 29 heavy (non-hydrogen) atoms. The summed E-state index contributed by atoms with van der Waals surface area (Å²) in [5.41, 5.74) is -0.545. The molecule has 1 unspecified atom stereocenters. The third-order valence-electron chi connectivity index (χ3n) is 5.91.